The molecule has 1 aliphatic heterocycles. The van der Waals surface area contributed by atoms with Gasteiger partial charge >= 0.3 is 0 Å². The van der Waals surface area contributed by atoms with Crippen LogP contribution in [0.4, 0.5) is 0 Å². The molecule has 0 unspecified atom stereocenters. The van der Waals surface area contributed by atoms with E-state index in [1.165, 1.54) is 21.8 Å². The van der Waals surface area contributed by atoms with Crippen LogP contribution < -0.4 is 10.4 Å². The zero-order valence-electron chi connectivity index (χ0n) is 17.2. The quantitative estimate of drug-likeness (QED) is 0.591. The summed E-state index contributed by atoms with van der Waals surface area (Å²) in [6.07, 6.45) is 1.50. The van der Waals surface area contributed by atoms with E-state index in [4.69, 9.17) is 27.9 Å². The monoisotopic (exact) mass is 473 g/mol. The Kier molecular flexibility index (Phi) is 6.41. The number of aromatic nitrogens is 1. The Balaban J connectivity index is 1.91. The average molecular weight is 474 g/mol. The summed E-state index contributed by atoms with van der Waals surface area (Å²) >= 11 is 12.2. The van der Waals surface area contributed by atoms with Crippen LogP contribution in [-0.4, -0.2) is 47.5 Å². The van der Waals surface area contributed by atoms with E-state index < -0.39 is 17.1 Å². The smallest absolute Gasteiger partial charge is 0.277 e. The lowest BCUT2D eigenvalue weighted by Gasteiger charge is -2.44. The van der Waals surface area contributed by atoms with E-state index in [9.17, 15) is 14.7 Å². The molecule has 0 spiro atoms. The molecule has 3 aromatic rings. The van der Waals surface area contributed by atoms with Gasteiger partial charge in [-0.2, -0.15) is 0 Å². The van der Waals surface area contributed by atoms with Crippen molar-refractivity contribution >= 4 is 29.1 Å². The first-order valence-electron chi connectivity index (χ1n) is 9.91. The number of halogens is 2. The van der Waals surface area contributed by atoms with Crippen LogP contribution >= 0.6 is 23.2 Å². The van der Waals surface area contributed by atoms with Gasteiger partial charge in [0, 0.05) is 36.0 Å². The number of hydrogen-bond acceptors (Lipinski definition) is 5. The van der Waals surface area contributed by atoms with Crippen molar-refractivity contribution < 1.29 is 14.6 Å². The molecule has 0 saturated heterocycles. The molecule has 2 heterocycles. The molecule has 2 aromatic carbocycles. The van der Waals surface area contributed by atoms with Gasteiger partial charge in [0.15, 0.2) is 11.4 Å². The van der Waals surface area contributed by atoms with Gasteiger partial charge in [0.05, 0.1) is 12.6 Å². The van der Waals surface area contributed by atoms with E-state index in [0.29, 0.717) is 23.2 Å². The number of amides is 1. The summed E-state index contributed by atoms with van der Waals surface area (Å²) < 4.78 is 6.69. The maximum atomic E-state index is 13.1. The standard InChI is InChI=1S/C23H21Cl2N3O4/c1-32-13-12-26-14-28(27-11-10-19(29)22(30)21(27)23(26)31)20(15-2-6-17(24)7-3-15)16-4-8-18(25)9-5-16/h2-11,20,30H,12-14H2,1H3. The minimum atomic E-state index is -0.618. The Bertz CT molecular complexity index is 1130. The SMILES string of the molecule is COCCN1CN(C(c2ccc(Cl)cc2)c2ccc(Cl)cc2)n2ccc(=O)c(O)c2C1=O. The van der Waals surface area contributed by atoms with E-state index in [0.717, 1.165) is 11.1 Å². The number of carbonyl (C=O) groups is 1. The highest BCUT2D eigenvalue weighted by Gasteiger charge is 2.36. The van der Waals surface area contributed by atoms with Crippen LogP contribution in [0.25, 0.3) is 0 Å². The molecule has 0 atom stereocenters. The van der Waals surface area contributed by atoms with Gasteiger partial charge in [0.1, 0.15) is 6.67 Å². The van der Waals surface area contributed by atoms with E-state index in [1.807, 2.05) is 29.3 Å². The van der Waals surface area contributed by atoms with Crippen LogP contribution in [0.2, 0.25) is 10.0 Å². The molecule has 166 valence electrons. The Morgan fingerprint density at radius 1 is 0.969 bits per heavy atom. The predicted molar refractivity (Wildman–Crippen MR) is 123 cm³/mol. The molecule has 32 heavy (non-hydrogen) atoms. The number of rotatable bonds is 6. The summed E-state index contributed by atoms with van der Waals surface area (Å²) in [6.45, 7) is 0.805. The molecule has 1 amide bonds. The molecule has 0 fully saturated rings. The first-order valence-corrected chi connectivity index (χ1v) is 10.7. The minimum Gasteiger partial charge on any atom is -0.502 e. The van der Waals surface area contributed by atoms with Crippen LogP contribution in [0.15, 0.2) is 65.6 Å². The van der Waals surface area contributed by atoms with E-state index in [-0.39, 0.29) is 18.4 Å². The van der Waals surface area contributed by atoms with Gasteiger partial charge < -0.3 is 14.7 Å². The Hall–Kier alpha value is -3.00. The summed E-state index contributed by atoms with van der Waals surface area (Å²) in [5.41, 5.74) is 1.10. The van der Waals surface area contributed by atoms with Gasteiger partial charge in [0.25, 0.3) is 5.91 Å². The van der Waals surface area contributed by atoms with Crippen molar-refractivity contribution in [3.05, 3.63) is 97.9 Å². The fourth-order valence-electron chi connectivity index (χ4n) is 3.79. The predicted octanol–water partition coefficient (Wildman–Crippen LogP) is 3.65. The number of hydrogen-bond donors (Lipinski definition) is 1. The van der Waals surface area contributed by atoms with Crippen LogP contribution in [0.1, 0.15) is 27.7 Å². The Morgan fingerprint density at radius 3 is 2.06 bits per heavy atom. The van der Waals surface area contributed by atoms with Gasteiger partial charge in [-0.25, -0.2) is 0 Å². The number of carbonyl (C=O) groups excluding carboxylic acids is 1. The van der Waals surface area contributed by atoms with Crippen molar-refractivity contribution in [3.8, 4) is 5.75 Å². The Labute approximate surface area is 194 Å². The molecule has 0 saturated carbocycles. The van der Waals surface area contributed by atoms with Crippen molar-refractivity contribution in [2.75, 3.05) is 31.9 Å². The molecule has 1 aliphatic rings. The van der Waals surface area contributed by atoms with Crippen LogP contribution in [-0.2, 0) is 4.74 Å². The largest absolute Gasteiger partial charge is 0.502 e. The fourth-order valence-corrected chi connectivity index (χ4v) is 4.05. The summed E-state index contributed by atoms with van der Waals surface area (Å²) in [5.74, 6) is -1.03. The lowest BCUT2D eigenvalue weighted by molar-refractivity contribution is 0.0614. The first-order chi connectivity index (χ1) is 15.4. The zero-order valence-corrected chi connectivity index (χ0v) is 18.8. The second-order valence-electron chi connectivity index (χ2n) is 7.37. The highest BCUT2D eigenvalue weighted by molar-refractivity contribution is 6.30. The van der Waals surface area contributed by atoms with Gasteiger partial charge in [-0.3, -0.25) is 19.3 Å². The molecule has 1 N–H and O–H groups in total. The molecule has 1 aromatic heterocycles. The van der Waals surface area contributed by atoms with Gasteiger partial charge in [0.2, 0.25) is 5.43 Å². The highest BCUT2D eigenvalue weighted by Crippen LogP contribution is 2.33. The van der Waals surface area contributed by atoms with E-state index in [1.54, 1.807) is 31.4 Å². The molecule has 0 radical (unpaired) electrons. The van der Waals surface area contributed by atoms with Crippen molar-refractivity contribution in [1.82, 2.24) is 9.58 Å². The first kappa shape index (κ1) is 22.2. The lowest BCUT2D eigenvalue weighted by atomic mass is 9.98. The van der Waals surface area contributed by atoms with Crippen molar-refractivity contribution in [3.63, 3.8) is 0 Å². The van der Waals surface area contributed by atoms with Crippen molar-refractivity contribution in [2.45, 2.75) is 6.04 Å². The van der Waals surface area contributed by atoms with Gasteiger partial charge in [-0.05, 0) is 35.4 Å². The normalized spacial score (nSPS) is 13.6. The number of fused-ring (bicyclic) bond motifs is 1. The third-order valence-electron chi connectivity index (χ3n) is 5.37. The summed E-state index contributed by atoms with van der Waals surface area (Å²) in [5, 5.41) is 13.6. The third-order valence-corrected chi connectivity index (χ3v) is 5.87. The third kappa shape index (κ3) is 4.19. The van der Waals surface area contributed by atoms with Gasteiger partial charge in [-0.1, -0.05) is 47.5 Å². The fraction of sp³-hybridized carbons (Fsp3) is 0.217. The zero-order chi connectivity index (χ0) is 22.8. The van der Waals surface area contributed by atoms with E-state index >= 15 is 0 Å². The second-order valence-corrected chi connectivity index (χ2v) is 8.24. The lowest BCUT2D eigenvalue weighted by Crippen LogP contribution is -2.56. The molecule has 7 nitrogen and oxygen atoms in total. The Morgan fingerprint density at radius 2 is 1.53 bits per heavy atom. The van der Waals surface area contributed by atoms with Crippen molar-refractivity contribution in [2.24, 2.45) is 0 Å². The highest BCUT2D eigenvalue weighted by atomic mass is 35.5. The number of benzene rings is 2. The number of aromatic hydroxyl groups is 1. The number of ether oxygens (including phenoxy) is 1. The second kappa shape index (κ2) is 9.24. The summed E-state index contributed by atoms with van der Waals surface area (Å²) in [4.78, 5) is 26.8. The molecular weight excluding hydrogens is 453 g/mol. The van der Waals surface area contributed by atoms with Crippen molar-refractivity contribution in [1.29, 1.82) is 0 Å². The molecule has 9 heteroatoms. The van der Waals surface area contributed by atoms with Crippen LogP contribution in [0.3, 0.4) is 0 Å². The summed E-state index contributed by atoms with van der Waals surface area (Å²) in [6, 6.07) is 15.7. The molecular formula is C23H21Cl2N3O4. The number of pyridine rings is 1. The van der Waals surface area contributed by atoms with Gasteiger partial charge in [-0.15, -0.1) is 0 Å². The minimum absolute atomic E-state index is 0.0900. The number of methoxy groups -OCH3 is 1. The molecule has 0 bridgehead atoms. The van der Waals surface area contributed by atoms with Crippen LogP contribution in [0.5, 0.6) is 5.75 Å². The number of nitrogens with zero attached hydrogens (tertiary/aromatic N) is 3. The molecule has 0 aliphatic carbocycles. The topological polar surface area (TPSA) is 75.0 Å². The van der Waals surface area contributed by atoms with E-state index in [2.05, 4.69) is 0 Å². The van der Waals surface area contributed by atoms with Crippen LogP contribution in [0, 0.1) is 0 Å². The maximum Gasteiger partial charge on any atom is 0.277 e. The average Bonchev–Trinajstić information content (AvgIpc) is 2.79. The maximum absolute atomic E-state index is 13.1. The molecule has 4 rings (SSSR count). The summed E-state index contributed by atoms with van der Waals surface area (Å²) in [7, 11) is 1.55.